The zero-order valence-electron chi connectivity index (χ0n) is 17.1. The first-order chi connectivity index (χ1) is 13.5. The Bertz CT molecular complexity index is 1200. The monoisotopic (exact) mass is 431 g/mol. The average molecular weight is 432 g/mol. The molecule has 0 radical (unpaired) electrons. The van der Waals surface area contributed by atoms with Gasteiger partial charge in [-0.25, -0.2) is 0 Å². The normalized spacial score (nSPS) is 19.6. The van der Waals surface area contributed by atoms with Crippen molar-refractivity contribution in [2.24, 2.45) is 0 Å². The van der Waals surface area contributed by atoms with Gasteiger partial charge in [-0.2, -0.15) is 0 Å². The molecule has 5 rings (SSSR count). The fraction of sp³-hybridized carbons (Fsp3) is 0.308. The first-order valence-electron chi connectivity index (χ1n) is 10.2. The Morgan fingerprint density at radius 1 is 1.11 bits per heavy atom. The van der Waals surface area contributed by atoms with Crippen LogP contribution < -0.4 is 15.3 Å². The lowest BCUT2D eigenvalue weighted by atomic mass is 9.99. The molecule has 1 heterocycles. The van der Waals surface area contributed by atoms with Gasteiger partial charge in [0.05, 0.1) is 0 Å². The van der Waals surface area contributed by atoms with Crippen LogP contribution in [-0.4, -0.2) is 13.1 Å². The Hall–Kier alpha value is -2.06. The second-order valence-corrected chi connectivity index (χ2v) is 9.29. The number of rotatable bonds is 3. The number of halogens is 1. The number of anilines is 1. The Labute approximate surface area is 175 Å². The highest BCUT2D eigenvalue weighted by Crippen LogP contribution is 2.34. The Balaban J connectivity index is 1.53. The molecular weight excluding hydrogens is 406 g/mol. The van der Waals surface area contributed by atoms with Crippen molar-refractivity contribution in [1.29, 1.82) is 0 Å². The van der Waals surface area contributed by atoms with Crippen LogP contribution in [-0.2, 0) is 6.42 Å². The zero-order chi connectivity index (χ0) is 19.6. The van der Waals surface area contributed by atoms with Gasteiger partial charge in [0.1, 0.15) is 0 Å². The summed E-state index contributed by atoms with van der Waals surface area (Å²) in [7, 11) is 2.22. The molecule has 1 atom stereocenters. The zero-order valence-corrected chi connectivity index (χ0v) is 18.7. The van der Waals surface area contributed by atoms with Crippen LogP contribution in [0.15, 0.2) is 46.0 Å². The molecule has 0 bridgehead atoms. The van der Waals surface area contributed by atoms with Crippen LogP contribution in [0.4, 0.5) is 5.69 Å². The Morgan fingerprint density at radius 2 is 1.89 bits per heavy atom. The minimum absolute atomic E-state index is 0.463. The second-order valence-electron chi connectivity index (χ2n) is 8.50. The Morgan fingerprint density at radius 3 is 2.68 bits per heavy atom. The molecule has 28 heavy (non-hydrogen) atoms. The summed E-state index contributed by atoms with van der Waals surface area (Å²) in [6.45, 7) is 6.83. The van der Waals surface area contributed by atoms with Crippen molar-refractivity contribution in [2.45, 2.75) is 46.1 Å². The van der Waals surface area contributed by atoms with E-state index in [-0.39, 0.29) is 0 Å². The van der Waals surface area contributed by atoms with Crippen molar-refractivity contribution in [3.63, 3.8) is 0 Å². The van der Waals surface area contributed by atoms with Gasteiger partial charge < -0.3 is 4.90 Å². The molecule has 0 aromatic heterocycles. The fourth-order valence-electron chi connectivity index (χ4n) is 5.05. The number of fused-ring (bicyclic) bond motifs is 3. The van der Waals surface area contributed by atoms with E-state index in [2.05, 4.69) is 91.1 Å². The summed E-state index contributed by atoms with van der Waals surface area (Å²) >= 11 is 3.95. The van der Waals surface area contributed by atoms with Gasteiger partial charge in [-0.1, -0.05) is 35.9 Å². The van der Waals surface area contributed by atoms with Crippen molar-refractivity contribution >= 4 is 44.9 Å². The maximum atomic E-state index is 3.95. The summed E-state index contributed by atoms with van der Waals surface area (Å²) in [6.07, 6.45) is 8.14. The van der Waals surface area contributed by atoms with E-state index in [4.69, 9.17) is 0 Å². The summed E-state index contributed by atoms with van der Waals surface area (Å²) in [5.41, 5.74) is 11.6. The van der Waals surface area contributed by atoms with Gasteiger partial charge in [-0.3, -0.25) is 0 Å². The first-order valence-corrected chi connectivity index (χ1v) is 11.0. The van der Waals surface area contributed by atoms with Crippen LogP contribution in [0, 0.1) is 0 Å². The third kappa shape index (κ3) is 2.58. The molecule has 3 aliphatic rings. The van der Waals surface area contributed by atoms with E-state index in [1.807, 2.05) is 0 Å². The number of hydrogen-bond acceptors (Lipinski definition) is 1. The number of hydrogen-bond donors (Lipinski definition) is 0. The molecule has 0 spiro atoms. The first kappa shape index (κ1) is 18.0. The van der Waals surface area contributed by atoms with Gasteiger partial charge >= 0.3 is 0 Å². The van der Waals surface area contributed by atoms with Gasteiger partial charge in [0.2, 0.25) is 0 Å². The topological polar surface area (TPSA) is 3.24 Å². The van der Waals surface area contributed by atoms with Crippen LogP contribution in [0.2, 0.25) is 0 Å². The summed E-state index contributed by atoms with van der Waals surface area (Å²) in [5.74, 6) is 0. The van der Waals surface area contributed by atoms with E-state index in [1.54, 1.807) is 5.57 Å². The molecule has 0 amide bonds. The predicted molar refractivity (Wildman–Crippen MR) is 125 cm³/mol. The van der Waals surface area contributed by atoms with Crippen LogP contribution in [0.5, 0.6) is 0 Å². The van der Waals surface area contributed by atoms with Crippen LogP contribution in [0.1, 0.15) is 50.3 Å². The lowest BCUT2D eigenvalue weighted by molar-refractivity contribution is 0.856. The molecular formula is C26H26BrN. The number of benzene rings is 2. The highest BCUT2D eigenvalue weighted by atomic mass is 79.9. The molecule has 1 aliphatic heterocycles. The van der Waals surface area contributed by atoms with Gasteiger partial charge in [-0.05, 0) is 107 Å². The molecule has 2 aromatic rings. The van der Waals surface area contributed by atoms with Crippen molar-refractivity contribution in [3.8, 4) is 0 Å². The van der Waals surface area contributed by atoms with E-state index in [0.717, 1.165) is 19.3 Å². The number of allylic oxidation sites excluding steroid dienone is 2. The lowest BCUT2D eigenvalue weighted by Crippen LogP contribution is -2.26. The highest BCUT2D eigenvalue weighted by Gasteiger charge is 2.26. The van der Waals surface area contributed by atoms with Crippen molar-refractivity contribution < 1.29 is 0 Å². The minimum Gasteiger partial charge on any atom is -0.368 e. The smallest absolute Gasteiger partial charge is 0.0478 e. The molecule has 0 N–H and O–H groups in total. The molecule has 0 fully saturated rings. The largest absolute Gasteiger partial charge is 0.368 e. The lowest BCUT2D eigenvalue weighted by Gasteiger charge is -2.21. The van der Waals surface area contributed by atoms with Crippen molar-refractivity contribution in [1.82, 2.24) is 0 Å². The molecule has 2 aliphatic carbocycles. The molecule has 1 unspecified atom stereocenters. The third-order valence-electron chi connectivity index (χ3n) is 6.96. The van der Waals surface area contributed by atoms with Gasteiger partial charge in [-0.15, -0.1) is 0 Å². The molecule has 0 saturated carbocycles. The fourth-order valence-corrected chi connectivity index (χ4v) is 5.89. The van der Waals surface area contributed by atoms with E-state index in [9.17, 15) is 0 Å². The molecule has 2 aromatic carbocycles. The van der Waals surface area contributed by atoms with Gasteiger partial charge in [0, 0.05) is 28.5 Å². The summed E-state index contributed by atoms with van der Waals surface area (Å²) < 4.78 is 1.27. The average Bonchev–Trinajstić information content (AvgIpc) is 3.30. The van der Waals surface area contributed by atoms with E-state index >= 15 is 0 Å². The Kier molecular flexibility index (Phi) is 4.17. The molecule has 142 valence electrons. The quantitative estimate of drug-likeness (QED) is 0.624. The van der Waals surface area contributed by atoms with Crippen LogP contribution >= 0.6 is 15.9 Å². The molecule has 1 nitrogen and oxygen atoms in total. The molecule has 2 heteroatoms. The van der Waals surface area contributed by atoms with Crippen molar-refractivity contribution in [3.05, 3.63) is 73.1 Å². The summed E-state index contributed by atoms with van der Waals surface area (Å²) in [5, 5.41) is 2.82. The number of nitrogens with zero attached hydrogens (tertiary/aromatic N) is 1. The standard InChI is InChI=1S/C26H26BrN/c1-15-11-23-22(14-24-25(26(23)27)16(2)17(3)28(24)4)21(15)10-9-18-12-19-7-5-6-8-20(19)13-18/h5-8,11-12,14,17H,9-10,13H2,1-4H3. The summed E-state index contributed by atoms with van der Waals surface area (Å²) in [6, 6.07) is 11.7. The highest BCUT2D eigenvalue weighted by molar-refractivity contribution is 9.10. The maximum Gasteiger partial charge on any atom is 0.0478 e. The van der Waals surface area contributed by atoms with Crippen LogP contribution in [0.25, 0.3) is 23.3 Å². The van der Waals surface area contributed by atoms with E-state index in [1.165, 1.54) is 54.0 Å². The minimum atomic E-state index is 0.463. The second kappa shape index (κ2) is 6.49. The van der Waals surface area contributed by atoms with E-state index in [0.29, 0.717) is 6.04 Å². The maximum absolute atomic E-state index is 3.95. The molecule has 0 saturated heterocycles. The summed E-state index contributed by atoms with van der Waals surface area (Å²) in [4.78, 5) is 2.41. The van der Waals surface area contributed by atoms with E-state index < -0.39 is 0 Å². The van der Waals surface area contributed by atoms with Crippen molar-refractivity contribution in [2.75, 3.05) is 11.9 Å². The van der Waals surface area contributed by atoms with Crippen LogP contribution in [0.3, 0.4) is 0 Å². The SMILES string of the molecule is CC1=Cc2c(Br)c3c(cc2=C1CCC1=Cc2ccccc2C1)N(C)C(C)C=3C. The van der Waals surface area contributed by atoms with Gasteiger partial charge in [0.25, 0.3) is 0 Å². The predicted octanol–water partition coefficient (Wildman–Crippen LogP) is 5.45. The third-order valence-corrected chi connectivity index (χ3v) is 7.78. The van der Waals surface area contributed by atoms with Gasteiger partial charge in [0.15, 0.2) is 0 Å².